The van der Waals surface area contributed by atoms with Crippen molar-refractivity contribution >= 4 is 57.6 Å². The fourth-order valence-corrected chi connectivity index (χ4v) is 8.08. The van der Waals surface area contributed by atoms with Gasteiger partial charge in [-0.3, -0.25) is 39.2 Å². The van der Waals surface area contributed by atoms with Crippen LogP contribution in [-0.2, 0) is 26.1 Å². The van der Waals surface area contributed by atoms with Crippen LogP contribution in [-0.4, -0.2) is 68.9 Å². The van der Waals surface area contributed by atoms with Crippen LogP contribution in [0.15, 0.2) is 36.4 Å². The molecule has 296 valence electrons. The van der Waals surface area contributed by atoms with Gasteiger partial charge < -0.3 is 25.3 Å². The van der Waals surface area contributed by atoms with E-state index in [1.165, 1.54) is 0 Å². The topological polar surface area (TPSA) is 225 Å². The van der Waals surface area contributed by atoms with E-state index in [1.807, 2.05) is 29.9 Å². The Labute approximate surface area is 327 Å². The highest BCUT2D eigenvalue weighted by molar-refractivity contribution is 6.06. The fourth-order valence-electron chi connectivity index (χ4n) is 8.08. The molecule has 17 heteroatoms. The van der Waals surface area contributed by atoms with E-state index in [4.69, 9.17) is 31.3 Å². The molecule has 2 aliphatic rings. The standard InChI is InChI=1S/C40H46N12O5/c1-6-50-32-26(22(3)48-50)11-12-40(4,5)13-15-51-30(16-21(2)47-51)36(55)45-38-43-27-17-23(34(41)53)9-10-29(27)49(38)14-7-8-25-20-57-31-19-24(35(42)54)18-28-33(31)52(25)39(44-28)46-37(32)56/h9-10,16-19,25H,6-8,11-15,20H2,1-5H3,(H2,41,53)(H2,42,54)(H,43,45,55)(H,44,46,56)/t25-/m0/s1. The first-order chi connectivity index (χ1) is 27.2. The summed E-state index contributed by atoms with van der Waals surface area (Å²) in [4.78, 5) is 62.5. The van der Waals surface area contributed by atoms with Crippen LogP contribution in [0.3, 0.4) is 0 Å². The molecule has 0 saturated carbocycles. The van der Waals surface area contributed by atoms with Gasteiger partial charge in [-0.25, -0.2) is 9.97 Å². The normalized spacial score (nSPS) is 17.5. The Morgan fingerprint density at radius 3 is 2.40 bits per heavy atom. The minimum absolute atomic E-state index is 0.209. The Balaban J connectivity index is 1.24. The first-order valence-electron chi connectivity index (χ1n) is 19.2. The lowest BCUT2D eigenvalue weighted by atomic mass is 9.82. The van der Waals surface area contributed by atoms with Crippen molar-refractivity contribution in [2.24, 2.45) is 16.9 Å². The third-order valence-corrected chi connectivity index (χ3v) is 11.2. The molecule has 0 radical (unpaired) electrons. The van der Waals surface area contributed by atoms with Gasteiger partial charge in [0, 0.05) is 36.3 Å². The van der Waals surface area contributed by atoms with Crippen LogP contribution in [0.25, 0.3) is 22.1 Å². The predicted molar refractivity (Wildman–Crippen MR) is 212 cm³/mol. The maximum atomic E-state index is 14.4. The molecule has 4 amide bonds. The largest absolute Gasteiger partial charge is 0.489 e. The molecule has 1 atom stereocenters. The third kappa shape index (κ3) is 6.86. The zero-order valence-corrected chi connectivity index (χ0v) is 32.7. The van der Waals surface area contributed by atoms with Gasteiger partial charge in [0.25, 0.3) is 11.8 Å². The van der Waals surface area contributed by atoms with Crippen LogP contribution >= 0.6 is 0 Å². The summed E-state index contributed by atoms with van der Waals surface area (Å²) in [6.45, 7) is 11.7. The number of carbonyl (C=O) groups is 4. The van der Waals surface area contributed by atoms with Crippen LogP contribution in [0.5, 0.6) is 5.75 Å². The lowest BCUT2D eigenvalue weighted by Gasteiger charge is -2.27. The molecule has 0 aliphatic carbocycles. The first-order valence-corrected chi connectivity index (χ1v) is 19.2. The van der Waals surface area contributed by atoms with E-state index in [0.717, 1.165) is 17.7 Å². The summed E-state index contributed by atoms with van der Waals surface area (Å²) in [5, 5.41) is 15.6. The lowest BCUT2D eigenvalue weighted by molar-refractivity contribution is 0.0991. The molecule has 6 aromatic rings. The quantitative estimate of drug-likeness (QED) is 0.192. The van der Waals surface area contributed by atoms with Gasteiger partial charge in [0.1, 0.15) is 29.3 Å². The number of nitrogens with one attached hydrogen (secondary N) is 2. The van der Waals surface area contributed by atoms with Crippen molar-refractivity contribution < 1.29 is 23.9 Å². The Morgan fingerprint density at radius 1 is 0.912 bits per heavy atom. The maximum absolute atomic E-state index is 14.4. The number of primary amides is 2. The van der Waals surface area contributed by atoms with Crippen LogP contribution in [0.2, 0.25) is 0 Å². The van der Waals surface area contributed by atoms with Gasteiger partial charge in [0.2, 0.25) is 23.7 Å². The van der Waals surface area contributed by atoms with Gasteiger partial charge in [-0.15, -0.1) is 0 Å². The van der Waals surface area contributed by atoms with Gasteiger partial charge in [-0.1, -0.05) is 13.8 Å². The number of anilines is 2. The van der Waals surface area contributed by atoms with Crippen LogP contribution in [0, 0.1) is 19.3 Å². The third-order valence-electron chi connectivity index (χ3n) is 11.2. The summed E-state index contributed by atoms with van der Waals surface area (Å²) < 4.78 is 13.6. The average molecular weight is 775 g/mol. The number of benzene rings is 2. The van der Waals surface area contributed by atoms with E-state index in [9.17, 15) is 19.2 Å². The van der Waals surface area contributed by atoms with Crippen molar-refractivity contribution in [2.45, 2.75) is 92.4 Å². The highest BCUT2D eigenvalue weighted by Crippen LogP contribution is 2.39. The van der Waals surface area contributed by atoms with Crippen molar-refractivity contribution in [3.05, 3.63) is 75.9 Å². The van der Waals surface area contributed by atoms with Crippen molar-refractivity contribution in [2.75, 3.05) is 17.2 Å². The smallest absolute Gasteiger partial charge is 0.276 e. The summed E-state index contributed by atoms with van der Waals surface area (Å²) in [6.07, 6.45) is 3.18. The fraction of sp³-hybridized carbons (Fsp3) is 0.400. The molecule has 6 heterocycles. The number of rotatable bonds is 3. The molecule has 4 aromatic heterocycles. The van der Waals surface area contributed by atoms with Gasteiger partial charge in [0.05, 0.1) is 34.0 Å². The van der Waals surface area contributed by atoms with Crippen molar-refractivity contribution in [3.63, 3.8) is 0 Å². The van der Waals surface area contributed by atoms with Crippen molar-refractivity contribution in [3.8, 4) is 5.75 Å². The Bertz CT molecular complexity index is 2630. The lowest BCUT2D eigenvalue weighted by Crippen LogP contribution is -2.27. The number of fused-ring (bicyclic) bond motifs is 5. The van der Waals surface area contributed by atoms with E-state index in [2.05, 4.69) is 29.6 Å². The Kier molecular flexibility index (Phi) is 9.32. The number of hydrogen-bond donors (Lipinski definition) is 4. The minimum Gasteiger partial charge on any atom is -0.489 e. The first kappa shape index (κ1) is 37.4. The summed E-state index contributed by atoms with van der Waals surface area (Å²) in [5.41, 5.74) is 17.2. The average Bonchev–Trinajstić information content (AvgIpc) is 3.91. The van der Waals surface area contributed by atoms with Gasteiger partial charge >= 0.3 is 0 Å². The molecule has 0 spiro atoms. The molecule has 0 unspecified atom stereocenters. The van der Waals surface area contributed by atoms with Gasteiger partial charge in [-0.05, 0) is 94.7 Å². The van der Waals surface area contributed by atoms with Gasteiger partial charge in [0.15, 0.2) is 0 Å². The number of ether oxygens (including phenoxy) is 1. The zero-order valence-electron chi connectivity index (χ0n) is 32.7. The number of nitrogens with zero attached hydrogens (tertiary/aromatic N) is 8. The zero-order chi connectivity index (χ0) is 40.3. The molecule has 0 fully saturated rings. The molecular formula is C40H46N12O5. The Morgan fingerprint density at radius 2 is 1.65 bits per heavy atom. The van der Waals surface area contributed by atoms with Crippen LogP contribution in [0.1, 0.15) is 111 Å². The number of carbonyl (C=O) groups excluding carboxylic acids is 4. The molecule has 8 rings (SSSR count). The monoisotopic (exact) mass is 774 g/mol. The highest BCUT2D eigenvalue weighted by atomic mass is 16.5. The van der Waals surface area contributed by atoms with Crippen molar-refractivity contribution in [1.82, 2.24) is 38.7 Å². The van der Waals surface area contributed by atoms with Gasteiger partial charge in [-0.2, -0.15) is 10.2 Å². The van der Waals surface area contributed by atoms with E-state index in [-0.39, 0.29) is 35.4 Å². The maximum Gasteiger partial charge on any atom is 0.276 e. The molecule has 2 aromatic carbocycles. The number of nitrogens with two attached hydrogens (primary N) is 2. The predicted octanol–water partition coefficient (Wildman–Crippen LogP) is 4.89. The summed E-state index contributed by atoms with van der Waals surface area (Å²) in [6, 6.07) is 9.73. The Hall–Kier alpha value is -6.52. The molecule has 17 nitrogen and oxygen atoms in total. The number of amides is 4. The molecule has 57 heavy (non-hydrogen) atoms. The molecule has 6 N–H and O–H groups in total. The number of aromatic nitrogens is 8. The molecule has 2 aliphatic heterocycles. The van der Waals surface area contributed by atoms with E-state index in [0.29, 0.717) is 108 Å². The summed E-state index contributed by atoms with van der Waals surface area (Å²) in [5.74, 6) is -0.829. The number of imidazole rings is 2. The molecule has 0 bridgehead atoms. The number of hydrogen-bond acceptors (Lipinski definition) is 9. The molecule has 0 saturated heterocycles. The highest BCUT2D eigenvalue weighted by Gasteiger charge is 2.32. The second-order valence-electron chi connectivity index (χ2n) is 15.7. The summed E-state index contributed by atoms with van der Waals surface area (Å²) in [7, 11) is 0. The van der Waals surface area contributed by atoms with E-state index in [1.54, 1.807) is 45.8 Å². The second-order valence-corrected chi connectivity index (χ2v) is 15.7. The van der Waals surface area contributed by atoms with Crippen LogP contribution in [0.4, 0.5) is 11.9 Å². The van der Waals surface area contributed by atoms with E-state index >= 15 is 0 Å². The number of aryl methyl sites for hydroxylation is 5. The second kappa shape index (κ2) is 14.2. The molecular weight excluding hydrogens is 729 g/mol. The minimum atomic E-state index is -0.619. The van der Waals surface area contributed by atoms with E-state index < -0.39 is 11.8 Å². The SMILES string of the molecule is CCn1nc(C)c2c1C(=O)Nc1nc3cc(C(N)=O)cc4c3n1[C@@H](CCCn1c(nc3cc(C(N)=O)ccc31)NC(=O)c1cc(C)nn1CCC(C)(C)CC2)CO4. The summed E-state index contributed by atoms with van der Waals surface area (Å²) >= 11 is 0. The van der Waals surface area contributed by atoms with Crippen molar-refractivity contribution in [1.29, 1.82) is 0 Å². The van der Waals surface area contributed by atoms with Crippen LogP contribution < -0.4 is 26.8 Å².